The molecule has 0 aromatic heterocycles. The van der Waals surface area contributed by atoms with E-state index in [0.717, 1.165) is 12.8 Å². The molecule has 3 unspecified atom stereocenters. The van der Waals surface area contributed by atoms with Gasteiger partial charge in [0.25, 0.3) is 0 Å². The number of ketones is 1. The lowest BCUT2D eigenvalue weighted by atomic mass is 9.82. The minimum Gasteiger partial charge on any atom is -0.300 e. The minimum atomic E-state index is 0.503. The third-order valence-electron chi connectivity index (χ3n) is 4.09. The van der Waals surface area contributed by atoms with Gasteiger partial charge < -0.3 is 0 Å². The highest BCUT2D eigenvalue weighted by Gasteiger charge is 2.39. The second kappa shape index (κ2) is 5.54. The van der Waals surface area contributed by atoms with E-state index in [1.54, 1.807) is 0 Å². The summed E-state index contributed by atoms with van der Waals surface area (Å²) in [7, 11) is 0. The molecule has 0 N–H and O–H groups in total. The van der Waals surface area contributed by atoms with Gasteiger partial charge in [0.1, 0.15) is 5.78 Å². The van der Waals surface area contributed by atoms with E-state index in [4.69, 9.17) is 0 Å². The SMILES string of the molecule is CSCCC(C)N1C2CCCC1CC(=O)C2. The molecule has 2 aliphatic heterocycles. The van der Waals surface area contributed by atoms with Crippen molar-refractivity contribution >= 4 is 17.5 Å². The Bertz CT molecular complexity index is 240. The standard InChI is InChI=1S/C13H23NOS/c1-10(6-7-16-2)14-11-4-3-5-12(14)9-13(15)8-11/h10-12H,3-9H2,1-2H3. The van der Waals surface area contributed by atoms with Crippen LogP contribution in [0.5, 0.6) is 0 Å². The Morgan fingerprint density at radius 1 is 1.38 bits per heavy atom. The lowest BCUT2D eigenvalue weighted by Crippen LogP contribution is -2.55. The molecule has 0 radical (unpaired) electrons. The first-order valence-electron chi connectivity index (χ1n) is 6.50. The van der Waals surface area contributed by atoms with Crippen LogP contribution < -0.4 is 0 Å². The Hall–Kier alpha value is -0.0200. The predicted octanol–water partition coefficient (Wildman–Crippen LogP) is 2.71. The van der Waals surface area contributed by atoms with E-state index < -0.39 is 0 Å². The Balaban J connectivity index is 1.99. The highest BCUT2D eigenvalue weighted by atomic mass is 32.2. The van der Waals surface area contributed by atoms with Crippen molar-refractivity contribution in [3.8, 4) is 0 Å². The largest absolute Gasteiger partial charge is 0.300 e. The molecule has 2 nitrogen and oxygen atoms in total. The quantitative estimate of drug-likeness (QED) is 0.755. The van der Waals surface area contributed by atoms with Crippen LogP contribution in [0, 0.1) is 0 Å². The average molecular weight is 241 g/mol. The van der Waals surface area contributed by atoms with Gasteiger partial charge in [-0.05, 0) is 38.2 Å². The molecule has 0 aromatic carbocycles. The number of Topliss-reactive ketones (excluding diaryl/α,β-unsaturated/α-hetero) is 1. The molecule has 3 atom stereocenters. The summed E-state index contributed by atoms with van der Waals surface area (Å²) in [6, 6.07) is 1.80. The first kappa shape index (κ1) is 12.4. The fraction of sp³-hybridized carbons (Fsp3) is 0.923. The second-order valence-corrected chi connectivity index (χ2v) is 6.25. The van der Waals surface area contributed by atoms with E-state index in [2.05, 4.69) is 18.1 Å². The second-order valence-electron chi connectivity index (χ2n) is 5.26. The van der Waals surface area contributed by atoms with Crippen LogP contribution >= 0.6 is 11.8 Å². The van der Waals surface area contributed by atoms with Crippen LogP contribution in [0.25, 0.3) is 0 Å². The lowest BCUT2D eigenvalue weighted by Gasteiger charge is -2.48. The smallest absolute Gasteiger partial charge is 0.136 e. The van der Waals surface area contributed by atoms with Crippen LogP contribution in [-0.2, 0) is 4.79 Å². The molecular formula is C13H23NOS. The molecular weight excluding hydrogens is 218 g/mol. The van der Waals surface area contributed by atoms with Gasteiger partial charge in [0.2, 0.25) is 0 Å². The summed E-state index contributed by atoms with van der Waals surface area (Å²) in [4.78, 5) is 14.3. The fourth-order valence-corrected chi connectivity index (χ4v) is 3.94. The molecule has 16 heavy (non-hydrogen) atoms. The summed E-state index contributed by atoms with van der Waals surface area (Å²) in [6.07, 6.45) is 8.89. The summed E-state index contributed by atoms with van der Waals surface area (Å²) in [5.74, 6) is 1.74. The molecule has 0 aromatic rings. The third-order valence-corrected chi connectivity index (χ3v) is 4.74. The molecule has 0 amide bonds. The topological polar surface area (TPSA) is 20.3 Å². The van der Waals surface area contributed by atoms with Crippen molar-refractivity contribution in [3.63, 3.8) is 0 Å². The Morgan fingerprint density at radius 3 is 2.56 bits per heavy atom. The number of hydrogen-bond acceptors (Lipinski definition) is 3. The van der Waals surface area contributed by atoms with Crippen LogP contribution in [0.3, 0.4) is 0 Å². The summed E-state index contributed by atoms with van der Waals surface area (Å²) in [5.41, 5.74) is 0. The molecule has 0 saturated carbocycles. The molecule has 2 bridgehead atoms. The molecule has 92 valence electrons. The molecule has 2 heterocycles. The van der Waals surface area contributed by atoms with Crippen LogP contribution in [0.1, 0.15) is 45.4 Å². The van der Waals surface area contributed by atoms with E-state index >= 15 is 0 Å². The summed E-state index contributed by atoms with van der Waals surface area (Å²) in [6.45, 7) is 2.34. The maximum atomic E-state index is 11.6. The first-order chi connectivity index (χ1) is 7.72. The van der Waals surface area contributed by atoms with Gasteiger partial charge in [-0.15, -0.1) is 0 Å². The monoisotopic (exact) mass is 241 g/mol. The maximum Gasteiger partial charge on any atom is 0.136 e. The fourth-order valence-electron chi connectivity index (χ4n) is 3.37. The van der Waals surface area contributed by atoms with Gasteiger partial charge in [0, 0.05) is 31.0 Å². The molecule has 3 heteroatoms. The van der Waals surface area contributed by atoms with E-state index in [1.165, 1.54) is 31.4 Å². The molecule has 2 aliphatic rings. The molecule has 2 saturated heterocycles. The summed E-state index contributed by atoms with van der Waals surface area (Å²) >= 11 is 1.93. The zero-order chi connectivity index (χ0) is 11.5. The van der Waals surface area contributed by atoms with Gasteiger partial charge in [-0.25, -0.2) is 0 Å². The summed E-state index contributed by atoms with van der Waals surface area (Å²) in [5, 5.41) is 0. The molecule has 2 fully saturated rings. The number of hydrogen-bond donors (Lipinski definition) is 0. The van der Waals surface area contributed by atoms with Crippen LogP contribution in [0.15, 0.2) is 0 Å². The molecule has 0 aliphatic carbocycles. The van der Waals surface area contributed by atoms with Crippen molar-refractivity contribution in [2.45, 2.75) is 63.6 Å². The predicted molar refractivity (Wildman–Crippen MR) is 70.0 cm³/mol. The first-order valence-corrected chi connectivity index (χ1v) is 7.90. The zero-order valence-corrected chi connectivity index (χ0v) is 11.3. The van der Waals surface area contributed by atoms with E-state index in [9.17, 15) is 4.79 Å². The van der Waals surface area contributed by atoms with Gasteiger partial charge in [0.05, 0.1) is 0 Å². The zero-order valence-electron chi connectivity index (χ0n) is 10.4. The van der Waals surface area contributed by atoms with E-state index in [1.807, 2.05) is 11.8 Å². The number of thioether (sulfide) groups is 1. The number of fused-ring (bicyclic) bond motifs is 2. The van der Waals surface area contributed by atoms with Crippen molar-refractivity contribution in [1.29, 1.82) is 0 Å². The van der Waals surface area contributed by atoms with Crippen LogP contribution in [-0.4, -0.2) is 40.8 Å². The minimum absolute atomic E-state index is 0.503. The maximum absolute atomic E-state index is 11.6. The number of nitrogens with zero attached hydrogens (tertiary/aromatic N) is 1. The van der Waals surface area contributed by atoms with Crippen molar-refractivity contribution in [2.24, 2.45) is 0 Å². The van der Waals surface area contributed by atoms with Gasteiger partial charge in [0.15, 0.2) is 0 Å². The van der Waals surface area contributed by atoms with Gasteiger partial charge in [-0.2, -0.15) is 11.8 Å². The number of carbonyl (C=O) groups excluding carboxylic acids is 1. The molecule has 2 rings (SSSR count). The van der Waals surface area contributed by atoms with Crippen molar-refractivity contribution in [2.75, 3.05) is 12.0 Å². The lowest BCUT2D eigenvalue weighted by molar-refractivity contribution is -0.128. The van der Waals surface area contributed by atoms with Crippen molar-refractivity contribution in [1.82, 2.24) is 4.90 Å². The Kier molecular flexibility index (Phi) is 4.31. The van der Waals surface area contributed by atoms with Crippen LogP contribution in [0.4, 0.5) is 0 Å². The van der Waals surface area contributed by atoms with Gasteiger partial charge >= 0.3 is 0 Å². The van der Waals surface area contributed by atoms with Crippen molar-refractivity contribution in [3.05, 3.63) is 0 Å². The van der Waals surface area contributed by atoms with E-state index in [0.29, 0.717) is 23.9 Å². The van der Waals surface area contributed by atoms with Crippen LogP contribution in [0.2, 0.25) is 0 Å². The number of carbonyl (C=O) groups is 1. The number of rotatable bonds is 4. The average Bonchev–Trinajstić information content (AvgIpc) is 2.24. The highest BCUT2D eigenvalue weighted by molar-refractivity contribution is 7.98. The summed E-state index contributed by atoms with van der Waals surface area (Å²) < 4.78 is 0. The Labute approximate surface area is 103 Å². The normalized spacial score (nSPS) is 32.8. The number of piperidine rings is 2. The highest BCUT2D eigenvalue weighted by Crippen LogP contribution is 2.34. The molecule has 0 spiro atoms. The Morgan fingerprint density at radius 2 is 2.00 bits per heavy atom. The van der Waals surface area contributed by atoms with Crippen molar-refractivity contribution < 1.29 is 4.79 Å². The van der Waals surface area contributed by atoms with Gasteiger partial charge in [-0.1, -0.05) is 6.42 Å². The third kappa shape index (κ3) is 2.62. The van der Waals surface area contributed by atoms with E-state index in [-0.39, 0.29) is 0 Å². The van der Waals surface area contributed by atoms with Gasteiger partial charge in [-0.3, -0.25) is 9.69 Å².